The Bertz CT molecular complexity index is 1050. The Morgan fingerprint density at radius 3 is 2.65 bits per heavy atom. The molecule has 0 amide bonds. The van der Waals surface area contributed by atoms with Crippen molar-refractivity contribution in [3.63, 3.8) is 0 Å². The van der Waals surface area contributed by atoms with Crippen molar-refractivity contribution in [2.75, 3.05) is 6.54 Å². The van der Waals surface area contributed by atoms with Gasteiger partial charge in [-0.15, -0.1) is 17.9 Å². The van der Waals surface area contributed by atoms with Crippen LogP contribution in [0.4, 0.5) is 0 Å². The zero-order chi connectivity index (χ0) is 18.4. The second-order valence-electron chi connectivity index (χ2n) is 5.30. The van der Waals surface area contributed by atoms with Gasteiger partial charge < -0.3 is 0 Å². The Morgan fingerprint density at radius 2 is 1.96 bits per heavy atom. The zero-order valence-corrected chi connectivity index (χ0v) is 16.2. The van der Waals surface area contributed by atoms with Gasteiger partial charge in [-0.25, -0.2) is 4.68 Å². The summed E-state index contributed by atoms with van der Waals surface area (Å²) < 4.78 is 2.82. The molecule has 3 aromatic rings. The summed E-state index contributed by atoms with van der Waals surface area (Å²) in [4.78, 5) is 5.32. The van der Waals surface area contributed by atoms with E-state index in [0.29, 0.717) is 12.1 Å². The first-order chi connectivity index (χ1) is 12.7. The second-order valence-corrected chi connectivity index (χ2v) is 6.99. The van der Waals surface area contributed by atoms with E-state index in [1.165, 1.54) is 11.3 Å². The van der Waals surface area contributed by atoms with Crippen LogP contribution in [0.2, 0.25) is 0 Å². The largest absolute Gasteiger partial charge is 0.253 e. The predicted molar refractivity (Wildman–Crippen MR) is 110 cm³/mol. The Hall–Kier alpha value is -2.75. The maximum atomic E-state index is 8.90. The highest BCUT2D eigenvalue weighted by atomic mass is 79.9. The molecule has 0 aliphatic heterocycles. The van der Waals surface area contributed by atoms with Gasteiger partial charge in [0.05, 0.1) is 30.1 Å². The first-order valence-electron chi connectivity index (χ1n) is 7.84. The summed E-state index contributed by atoms with van der Waals surface area (Å²) in [6.07, 6.45) is 3.52. The van der Waals surface area contributed by atoms with Crippen LogP contribution >= 0.6 is 27.3 Å². The fraction of sp³-hybridized carbons (Fsp3) is 0.0500. The van der Waals surface area contributed by atoms with E-state index >= 15 is 0 Å². The summed E-state index contributed by atoms with van der Waals surface area (Å²) in [5.74, 6) is 0. The molecule has 0 atom stereocenters. The van der Waals surface area contributed by atoms with Crippen LogP contribution in [0.3, 0.4) is 0 Å². The third-order valence-electron chi connectivity index (χ3n) is 3.55. The quantitative estimate of drug-likeness (QED) is 0.429. The lowest BCUT2D eigenvalue weighted by atomic mass is 10.2. The van der Waals surface area contributed by atoms with Gasteiger partial charge in [-0.3, -0.25) is 4.99 Å². The average molecular weight is 423 g/mol. The molecule has 128 valence electrons. The molecule has 0 N–H and O–H groups in total. The molecule has 6 heteroatoms. The molecule has 0 bridgehead atoms. The van der Waals surface area contributed by atoms with E-state index in [4.69, 9.17) is 5.26 Å². The van der Waals surface area contributed by atoms with Crippen molar-refractivity contribution in [1.29, 1.82) is 5.26 Å². The number of halogens is 1. The van der Waals surface area contributed by atoms with E-state index in [1.54, 1.807) is 24.4 Å². The molecule has 0 unspecified atom stereocenters. The van der Waals surface area contributed by atoms with Crippen LogP contribution in [0, 0.1) is 11.3 Å². The standard InChI is InChI=1S/C20H15BrN4S/c1-2-11-23-20-25(24-13-16-9-7-15(12-22)8-10-16)19(14-26-20)17-5-3-4-6-18(17)21/h2-10,13-14H,1,11H2. The van der Waals surface area contributed by atoms with Crippen molar-refractivity contribution in [3.05, 3.63) is 87.0 Å². The Kier molecular flexibility index (Phi) is 5.95. The molecule has 3 rings (SSSR count). The summed E-state index contributed by atoms with van der Waals surface area (Å²) in [5, 5.41) is 15.6. The second kappa shape index (κ2) is 8.56. The van der Waals surface area contributed by atoms with Gasteiger partial charge in [-0.2, -0.15) is 10.4 Å². The normalized spacial score (nSPS) is 11.6. The van der Waals surface area contributed by atoms with Gasteiger partial charge in [0.15, 0.2) is 0 Å². The number of nitrogens with zero attached hydrogens (tertiary/aromatic N) is 4. The van der Waals surface area contributed by atoms with Gasteiger partial charge in [0.25, 0.3) is 0 Å². The van der Waals surface area contributed by atoms with Gasteiger partial charge in [-0.05, 0) is 23.8 Å². The highest BCUT2D eigenvalue weighted by molar-refractivity contribution is 9.10. The zero-order valence-electron chi connectivity index (χ0n) is 13.8. The third-order valence-corrected chi connectivity index (χ3v) is 5.10. The van der Waals surface area contributed by atoms with E-state index in [9.17, 15) is 0 Å². The predicted octanol–water partition coefficient (Wildman–Crippen LogP) is 4.82. The summed E-state index contributed by atoms with van der Waals surface area (Å²) in [6, 6.07) is 17.4. The van der Waals surface area contributed by atoms with Crippen LogP contribution in [-0.2, 0) is 0 Å². The van der Waals surface area contributed by atoms with Crippen molar-refractivity contribution >= 4 is 33.5 Å². The van der Waals surface area contributed by atoms with Crippen molar-refractivity contribution in [3.8, 4) is 17.3 Å². The van der Waals surface area contributed by atoms with E-state index in [0.717, 1.165) is 26.1 Å². The number of hydrogen-bond acceptors (Lipinski definition) is 4. The monoisotopic (exact) mass is 422 g/mol. The SMILES string of the molecule is C=CCN=c1scc(-c2ccccc2Br)n1N=Cc1ccc(C#N)cc1. The van der Waals surface area contributed by atoms with Crippen LogP contribution < -0.4 is 4.80 Å². The fourth-order valence-electron chi connectivity index (χ4n) is 2.28. The molecule has 0 aliphatic rings. The molecule has 0 radical (unpaired) electrons. The van der Waals surface area contributed by atoms with E-state index in [-0.39, 0.29) is 0 Å². The number of nitriles is 1. The molecule has 0 aliphatic carbocycles. The third kappa shape index (κ3) is 4.07. The molecule has 2 aromatic carbocycles. The molecule has 0 fully saturated rings. The van der Waals surface area contributed by atoms with Crippen LogP contribution in [0.5, 0.6) is 0 Å². The van der Waals surface area contributed by atoms with Gasteiger partial charge in [0.2, 0.25) is 4.80 Å². The number of rotatable bonds is 5. The molecule has 0 saturated carbocycles. The van der Waals surface area contributed by atoms with Crippen LogP contribution in [0.1, 0.15) is 11.1 Å². The van der Waals surface area contributed by atoms with Gasteiger partial charge >= 0.3 is 0 Å². The number of benzene rings is 2. The lowest BCUT2D eigenvalue weighted by Gasteiger charge is -2.05. The summed E-state index contributed by atoms with van der Waals surface area (Å²) in [7, 11) is 0. The summed E-state index contributed by atoms with van der Waals surface area (Å²) in [5.41, 5.74) is 3.53. The Balaban J connectivity index is 2.07. The van der Waals surface area contributed by atoms with Crippen molar-refractivity contribution in [2.45, 2.75) is 0 Å². The molecular weight excluding hydrogens is 408 g/mol. The van der Waals surface area contributed by atoms with E-state index in [1.807, 2.05) is 46.5 Å². The number of aromatic nitrogens is 1. The summed E-state index contributed by atoms with van der Waals surface area (Å²) >= 11 is 5.13. The maximum Gasteiger partial charge on any atom is 0.206 e. The molecule has 0 spiro atoms. The Labute approximate surface area is 164 Å². The number of thiazole rings is 1. The number of hydrogen-bond donors (Lipinski definition) is 0. The lowest BCUT2D eigenvalue weighted by Crippen LogP contribution is -2.12. The van der Waals surface area contributed by atoms with E-state index in [2.05, 4.69) is 38.7 Å². The van der Waals surface area contributed by atoms with E-state index < -0.39 is 0 Å². The lowest BCUT2D eigenvalue weighted by molar-refractivity contribution is 0.840. The molecule has 26 heavy (non-hydrogen) atoms. The topological polar surface area (TPSA) is 53.4 Å². The van der Waals surface area contributed by atoms with Gasteiger partial charge in [0, 0.05) is 15.4 Å². The highest BCUT2D eigenvalue weighted by Crippen LogP contribution is 2.28. The Morgan fingerprint density at radius 1 is 1.19 bits per heavy atom. The van der Waals surface area contributed by atoms with Crippen LogP contribution in [0.25, 0.3) is 11.3 Å². The first kappa shape index (κ1) is 18.1. The molecule has 1 heterocycles. The minimum Gasteiger partial charge on any atom is -0.253 e. The first-order valence-corrected chi connectivity index (χ1v) is 9.51. The van der Waals surface area contributed by atoms with Gasteiger partial charge in [-0.1, -0.05) is 52.3 Å². The van der Waals surface area contributed by atoms with Crippen molar-refractivity contribution < 1.29 is 0 Å². The van der Waals surface area contributed by atoms with Crippen LogP contribution in [0.15, 0.2) is 81.1 Å². The minimum atomic E-state index is 0.530. The molecule has 0 saturated heterocycles. The van der Waals surface area contributed by atoms with Crippen LogP contribution in [-0.4, -0.2) is 17.4 Å². The molecule has 4 nitrogen and oxygen atoms in total. The maximum absolute atomic E-state index is 8.90. The highest BCUT2D eigenvalue weighted by Gasteiger charge is 2.10. The fourth-order valence-corrected chi connectivity index (χ4v) is 3.61. The van der Waals surface area contributed by atoms with Crippen molar-refractivity contribution in [1.82, 2.24) is 4.68 Å². The minimum absolute atomic E-state index is 0.530. The van der Waals surface area contributed by atoms with Crippen molar-refractivity contribution in [2.24, 2.45) is 10.1 Å². The molecular formula is C20H15BrN4S. The van der Waals surface area contributed by atoms with Gasteiger partial charge in [0.1, 0.15) is 0 Å². The molecule has 1 aromatic heterocycles. The summed E-state index contributed by atoms with van der Waals surface area (Å²) in [6.45, 7) is 4.25. The smallest absolute Gasteiger partial charge is 0.206 e. The average Bonchev–Trinajstić information content (AvgIpc) is 3.08.